The summed E-state index contributed by atoms with van der Waals surface area (Å²) in [7, 11) is 0. The van der Waals surface area contributed by atoms with E-state index in [0.717, 1.165) is 5.69 Å². The second kappa shape index (κ2) is 3.94. The summed E-state index contributed by atoms with van der Waals surface area (Å²) in [5, 5.41) is 8.44. The fourth-order valence-electron chi connectivity index (χ4n) is 1.10. The highest BCUT2D eigenvalue weighted by atomic mass is 35.5. The molecule has 0 bridgehead atoms. The Kier molecular flexibility index (Phi) is 2.65. The molecule has 2 aromatic heterocycles. The predicted octanol–water partition coefficient (Wildman–Crippen LogP) is 2.08. The van der Waals surface area contributed by atoms with Crippen LogP contribution in [0.1, 0.15) is 10.6 Å². The lowest BCUT2D eigenvalue weighted by Gasteiger charge is -1.96. The van der Waals surface area contributed by atoms with Gasteiger partial charge >= 0.3 is 0 Å². The highest BCUT2D eigenvalue weighted by molar-refractivity contribution is 7.09. The molecule has 0 spiro atoms. The van der Waals surface area contributed by atoms with Crippen molar-refractivity contribution in [1.82, 2.24) is 10.2 Å². The standard InChI is InChI=1S/C9H7ClN2OS/c10-8-5-6(11-12-9(8)13)4-7-2-1-3-14-7/h1-3,5H,4H2,(H,12,13). The predicted molar refractivity (Wildman–Crippen MR) is 57.0 cm³/mol. The second-order valence-electron chi connectivity index (χ2n) is 2.79. The van der Waals surface area contributed by atoms with Gasteiger partial charge in [0, 0.05) is 11.3 Å². The lowest BCUT2D eigenvalue weighted by molar-refractivity contribution is 0.916. The summed E-state index contributed by atoms with van der Waals surface area (Å²) >= 11 is 7.33. The van der Waals surface area contributed by atoms with Gasteiger partial charge in [0.25, 0.3) is 5.56 Å². The van der Waals surface area contributed by atoms with Gasteiger partial charge in [-0.1, -0.05) is 17.7 Å². The van der Waals surface area contributed by atoms with Gasteiger partial charge in [0.2, 0.25) is 0 Å². The Bertz CT molecular complexity index is 478. The average Bonchev–Trinajstić information content (AvgIpc) is 2.64. The van der Waals surface area contributed by atoms with Gasteiger partial charge in [-0.15, -0.1) is 11.3 Å². The number of halogens is 1. The topological polar surface area (TPSA) is 45.8 Å². The molecule has 1 N–H and O–H groups in total. The zero-order chi connectivity index (χ0) is 9.97. The molecule has 2 heterocycles. The van der Waals surface area contributed by atoms with Crippen molar-refractivity contribution in [1.29, 1.82) is 0 Å². The van der Waals surface area contributed by atoms with Crippen LogP contribution in [-0.2, 0) is 6.42 Å². The molecule has 0 aliphatic carbocycles. The van der Waals surface area contributed by atoms with Crippen molar-refractivity contribution < 1.29 is 0 Å². The molecular weight excluding hydrogens is 220 g/mol. The van der Waals surface area contributed by atoms with Crippen molar-refractivity contribution in [2.24, 2.45) is 0 Å². The van der Waals surface area contributed by atoms with Gasteiger partial charge in [-0.05, 0) is 17.5 Å². The SMILES string of the molecule is O=c1[nH]nc(Cc2cccs2)cc1Cl. The highest BCUT2D eigenvalue weighted by Crippen LogP contribution is 2.13. The third-order valence-corrected chi connectivity index (χ3v) is 2.90. The van der Waals surface area contributed by atoms with E-state index in [1.807, 2.05) is 17.5 Å². The molecule has 0 radical (unpaired) electrons. The first-order valence-electron chi connectivity index (χ1n) is 4.02. The Morgan fingerprint density at radius 2 is 2.43 bits per heavy atom. The largest absolute Gasteiger partial charge is 0.282 e. The third kappa shape index (κ3) is 2.02. The van der Waals surface area contributed by atoms with Crippen LogP contribution < -0.4 is 5.56 Å². The summed E-state index contributed by atoms with van der Waals surface area (Å²) in [6.07, 6.45) is 0.703. The van der Waals surface area contributed by atoms with Gasteiger partial charge in [-0.25, -0.2) is 5.10 Å². The number of aromatic amines is 1. The first-order valence-corrected chi connectivity index (χ1v) is 5.28. The molecule has 0 fully saturated rings. The van der Waals surface area contributed by atoms with Crippen LogP contribution in [-0.4, -0.2) is 10.2 Å². The van der Waals surface area contributed by atoms with Crippen LogP contribution in [0, 0.1) is 0 Å². The molecule has 72 valence electrons. The molecule has 0 saturated heterocycles. The van der Waals surface area contributed by atoms with Crippen molar-refractivity contribution >= 4 is 22.9 Å². The number of nitrogens with one attached hydrogen (secondary N) is 1. The van der Waals surface area contributed by atoms with E-state index >= 15 is 0 Å². The number of rotatable bonds is 2. The van der Waals surface area contributed by atoms with Crippen molar-refractivity contribution in [3.05, 3.63) is 49.5 Å². The van der Waals surface area contributed by atoms with Crippen LogP contribution in [0.15, 0.2) is 28.4 Å². The minimum atomic E-state index is -0.346. The maximum absolute atomic E-state index is 10.9. The average molecular weight is 227 g/mol. The highest BCUT2D eigenvalue weighted by Gasteiger charge is 2.02. The molecule has 5 heteroatoms. The van der Waals surface area contributed by atoms with Crippen molar-refractivity contribution in [2.75, 3.05) is 0 Å². The maximum atomic E-state index is 10.9. The fourth-order valence-corrected chi connectivity index (χ4v) is 1.99. The minimum absolute atomic E-state index is 0.187. The number of nitrogens with zero attached hydrogens (tertiary/aromatic N) is 1. The smallest absolute Gasteiger partial charge is 0.266 e. The van der Waals surface area contributed by atoms with E-state index in [2.05, 4.69) is 10.2 Å². The minimum Gasteiger partial charge on any atom is -0.266 e. The van der Waals surface area contributed by atoms with Gasteiger partial charge in [0.15, 0.2) is 0 Å². The molecule has 0 unspecified atom stereocenters. The van der Waals surface area contributed by atoms with E-state index in [1.165, 1.54) is 4.88 Å². The Labute approximate surface area is 89.4 Å². The second-order valence-corrected chi connectivity index (χ2v) is 4.23. The van der Waals surface area contributed by atoms with Gasteiger partial charge in [0.05, 0.1) is 5.69 Å². The molecule has 0 amide bonds. The number of thiophene rings is 1. The molecule has 0 atom stereocenters. The van der Waals surface area contributed by atoms with E-state index in [0.29, 0.717) is 6.42 Å². The summed E-state index contributed by atoms with van der Waals surface area (Å²) in [6.45, 7) is 0. The van der Waals surface area contributed by atoms with Gasteiger partial charge in [-0.2, -0.15) is 5.10 Å². The molecular formula is C9H7ClN2OS. The van der Waals surface area contributed by atoms with E-state index < -0.39 is 0 Å². The van der Waals surface area contributed by atoms with Crippen LogP contribution in [0.3, 0.4) is 0 Å². The van der Waals surface area contributed by atoms with Gasteiger partial charge < -0.3 is 0 Å². The zero-order valence-electron chi connectivity index (χ0n) is 7.16. The van der Waals surface area contributed by atoms with E-state index in [1.54, 1.807) is 17.4 Å². The lowest BCUT2D eigenvalue weighted by Crippen LogP contribution is -2.10. The molecule has 2 aromatic rings. The number of aromatic nitrogens is 2. The Hall–Kier alpha value is -1.13. The Morgan fingerprint density at radius 1 is 1.57 bits per heavy atom. The van der Waals surface area contributed by atoms with E-state index in [4.69, 9.17) is 11.6 Å². The first-order chi connectivity index (χ1) is 6.75. The molecule has 2 rings (SSSR count). The van der Waals surface area contributed by atoms with Crippen LogP contribution in [0.25, 0.3) is 0 Å². The number of hydrogen-bond donors (Lipinski definition) is 1. The van der Waals surface area contributed by atoms with Gasteiger partial charge in [-0.3, -0.25) is 4.79 Å². The fraction of sp³-hybridized carbons (Fsp3) is 0.111. The molecule has 0 aromatic carbocycles. The Balaban J connectivity index is 2.26. The maximum Gasteiger partial charge on any atom is 0.282 e. The molecule has 0 saturated carbocycles. The lowest BCUT2D eigenvalue weighted by atomic mass is 10.2. The van der Waals surface area contributed by atoms with Crippen LogP contribution in [0.4, 0.5) is 0 Å². The summed E-state index contributed by atoms with van der Waals surface area (Å²) in [4.78, 5) is 12.1. The molecule has 14 heavy (non-hydrogen) atoms. The van der Waals surface area contributed by atoms with Crippen LogP contribution >= 0.6 is 22.9 Å². The number of H-pyrrole nitrogens is 1. The van der Waals surface area contributed by atoms with E-state index in [9.17, 15) is 4.79 Å². The van der Waals surface area contributed by atoms with Crippen LogP contribution in [0.5, 0.6) is 0 Å². The third-order valence-electron chi connectivity index (χ3n) is 1.75. The van der Waals surface area contributed by atoms with Gasteiger partial charge in [0.1, 0.15) is 5.02 Å². The summed E-state index contributed by atoms with van der Waals surface area (Å²) in [5.74, 6) is 0. The molecule has 0 aliphatic rings. The zero-order valence-corrected chi connectivity index (χ0v) is 8.73. The van der Waals surface area contributed by atoms with Crippen molar-refractivity contribution in [3.63, 3.8) is 0 Å². The summed E-state index contributed by atoms with van der Waals surface area (Å²) in [6, 6.07) is 5.60. The summed E-state index contributed by atoms with van der Waals surface area (Å²) < 4.78 is 0. The quantitative estimate of drug-likeness (QED) is 0.852. The monoisotopic (exact) mass is 226 g/mol. The molecule has 0 aliphatic heterocycles. The van der Waals surface area contributed by atoms with Crippen molar-refractivity contribution in [2.45, 2.75) is 6.42 Å². The first kappa shape index (κ1) is 9.43. The summed E-state index contributed by atoms with van der Waals surface area (Å²) in [5.41, 5.74) is 0.429. The Morgan fingerprint density at radius 3 is 3.07 bits per heavy atom. The number of hydrogen-bond acceptors (Lipinski definition) is 3. The van der Waals surface area contributed by atoms with Crippen molar-refractivity contribution in [3.8, 4) is 0 Å². The molecule has 3 nitrogen and oxygen atoms in total. The van der Waals surface area contributed by atoms with E-state index in [-0.39, 0.29) is 10.6 Å². The van der Waals surface area contributed by atoms with Crippen LogP contribution in [0.2, 0.25) is 5.02 Å². The normalized spacial score (nSPS) is 10.4.